The van der Waals surface area contributed by atoms with Crippen LogP contribution in [0.3, 0.4) is 0 Å². The molecule has 1 rings (SSSR count). The van der Waals surface area contributed by atoms with E-state index in [1.807, 2.05) is 0 Å². The summed E-state index contributed by atoms with van der Waals surface area (Å²) in [5.74, 6) is 0.971. The van der Waals surface area contributed by atoms with Crippen molar-refractivity contribution in [2.24, 2.45) is 0 Å². The fourth-order valence-corrected chi connectivity index (χ4v) is 2.90. The molecule has 0 spiro atoms. The van der Waals surface area contributed by atoms with Gasteiger partial charge in [-0.1, -0.05) is 13.8 Å². The molecule has 0 fully saturated rings. The van der Waals surface area contributed by atoms with Gasteiger partial charge in [-0.05, 0) is 25.8 Å². The van der Waals surface area contributed by atoms with Crippen LogP contribution in [0.2, 0.25) is 0 Å². The van der Waals surface area contributed by atoms with Gasteiger partial charge in [0.2, 0.25) is 10.0 Å². The predicted molar refractivity (Wildman–Crippen MR) is 78.9 cm³/mol. The van der Waals surface area contributed by atoms with Crippen molar-refractivity contribution in [3.8, 4) is 0 Å². The summed E-state index contributed by atoms with van der Waals surface area (Å²) in [5.41, 5.74) is 0. The Hall–Kier alpha value is -0.990. The second kappa shape index (κ2) is 9.04. The Morgan fingerprint density at radius 1 is 1.25 bits per heavy atom. The molecule has 0 aliphatic rings. The molecule has 8 heteroatoms. The number of hydrogen-bond acceptors (Lipinski definition) is 5. The highest BCUT2D eigenvalue weighted by atomic mass is 32.2. The molecule has 3 N–H and O–H groups in total. The zero-order chi connectivity index (χ0) is 14.8. The molecule has 0 unspecified atom stereocenters. The van der Waals surface area contributed by atoms with Gasteiger partial charge in [-0.2, -0.15) is 5.10 Å². The number of aryl methyl sites for hydroxylation is 1. The van der Waals surface area contributed by atoms with Crippen molar-refractivity contribution in [2.45, 2.75) is 45.6 Å². The van der Waals surface area contributed by atoms with E-state index in [-0.39, 0.29) is 5.75 Å². The van der Waals surface area contributed by atoms with Crippen LogP contribution in [-0.2, 0) is 16.4 Å². The zero-order valence-corrected chi connectivity index (χ0v) is 13.0. The molecule has 0 amide bonds. The standard InChI is InChI=1S/C12H25N5O2S/c1-11(2)13-7-3-4-9-20(18,19)16-8-5-6-12-14-10-15-17-12/h10-11,13,16H,3-9H2,1-2H3,(H,14,15,17). The van der Waals surface area contributed by atoms with Crippen LogP contribution in [0.25, 0.3) is 0 Å². The third-order valence-electron chi connectivity index (χ3n) is 2.77. The number of rotatable bonds is 11. The van der Waals surface area contributed by atoms with Crippen molar-refractivity contribution in [3.05, 3.63) is 12.2 Å². The van der Waals surface area contributed by atoms with E-state index in [0.717, 1.165) is 18.8 Å². The van der Waals surface area contributed by atoms with Gasteiger partial charge in [-0.3, -0.25) is 5.10 Å². The van der Waals surface area contributed by atoms with Crippen molar-refractivity contribution in [1.82, 2.24) is 25.2 Å². The molecule has 7 nitrogen and oxygen atoms in total. The molecule has 0 bridgehead atoms. The molecule has 20 heavy (non-hydrogen) atoms. The summed E-state index contributed by atoms with van der Waals surface area (Å²) < 4.78 is 26.1. The van der Waals surface area contributed by atoms with E-state index in [1.54, 1.807) is 0 Å². The maximum Gasteiger partial charge on any atom is 0.211 e. The lowest BCUT2D eigenvalue weighted by atomic mass is 10.3. The fraction of sp³-hybridized carbons (Fsp3) is 0.833. The van der Waals surface area contributed by atoms with Crippen molar-refractivity contribution >= 4 is 10.0 Å². The van der Waals surface area contributed by atoms with Gasteiger partial charge in [0.05, 0.1) is 5.75 Å². The Morgan fingerprint density at radius 2 is 2.05 bits per heavy atom. The molecule has 0 radical (unpaired) electrons. The highest BCUT2D eigenvalue weighted by Gasteiger charge is 2.09. The molecule has 1 aromatic heterocycles. The van der Waals surface area contributed by atoms with Crippen LogP contribution in [0, 0.1) is 0 Å². The summed E-state index contributed by atoms with van der Waals surface area (Å²) in [5, 5.41) is 9.75. The number of sulfonamides is 1. The van der Waals surface area contributed by atoms with Crippen LogP contribution in [0.15, 0.2) is 6.33 Å². The van der Waals surface area contributed by atoms with E-state index in [0.29, 0.717) is 31.8 Å². The first-order valence-electron chi connectivity index (χ1n) is 7.04. The average molecular weight is 303 g/mol. The monoisotopic (exact) mass is 303 g/mol. The van der Waals surface area contributed by atoms with Crippen LogP contribution in [0.4, 0.5) is 0 Å². The van der Waals surface area contributed by atoms with Gasteiger partial charge in [0.1, 0.15) is 12.2 Å². The summed E-state index contributed by atoms with van der Waals surface area (Å²) in [6.45, 7) is 5.45. The minimum absolute atomic E-state index is 0.190. The van der Waals surface area contributed by atoms with Gasteiger partial charge in [0.15, 0.2) is 0 Å². The highest BCUT2D eigenvalue weighted by molar-refractivity contribution is 7.89. The molecule has 1 aromatic rings. The Labute approximate surface area is 121 Å². The van der Waals surface area contributed by atoms with E-state index in [9.17, 15) is 8.42 Å². The zero-order valence-electron chi connectivity index (χ0n) is 12.2. The number of aromatic amines is 1. The summed E-state index contributed by atoms with van der Waals surface area (Å²) in [7, 11) is -3.15. The normalized spacial score (nSPS) is 12.2. The quantitative estimate of drug-likeness (QED) is 0.515. The number of nitrogens with one attached hydrogen (secondary N) is 3. The minimum Gasteiger partial charge on any atom is -0.315 e. The summed E-state index contributed by atoms with van der Waals surface area (Å²) in [6.07, 6.45) is 4.41. The molecular weight excluding hydrogens is 278 g/mol. The van der Waals surface area contributed by atoms with Gasteiger partial charge in [0, 0.05) is 19.0 Å². The van der Waals surface area contributed by atoms with Crippen LogP contribution in [-0.4, -0.2) is 48.5 Å². The van der Waals surface area contributed by atoms with Crippen molar-refractivity contribution in [2.75, 3.05) is 18.8 Å². The first-order valence-corrected chi connectivity index (χ1v) is 8.70. The predicted octanol–water partition coefficient (Wildman–Crippen LogP) is 0.435. The number of hydrogen-bond donors (Lipinski definition) is 3. The Kier molecular flexibility index (Phi) is 7.71. The molecular formula is C12H25N5O2S. The van der Waals surface area contributed by atoms with Gasteiger partial charge >= 0.3 is 0 Å². The average Bonchev–Trinajstić information content (AvgIpc) is 2.87. The molecule has 116 valence electrons. The molecule has 0 atom stereocenters. The summed E-state index contributed by atoms with van der Waals surface area (Å²) in [6, 6.07) is 0.445. The summed E-state index contributed by atoms with van der Waals surface area (Å²) >= 11 is 0. The van der Waals surface area contributed by atoms with Crippen molar-refractivity contribution < 1.29 is 8.42 Å². The second-order valence-electron chi connectivity index (χ2n) is 5.06. The van der Waals surface area contributed by atoms with E-state index in [4.69, 9.17) is 0 Å². The van der Waals surface area contributed by atoms with Crippen LogP contribution >= 0.6 is 0 Å². The number of unbranched alkanes of at least 4 members (excludes halogenated alkanes) is 1. The second-order valence-corrected chi connectivity index (χ2v) is 6.99. The van der Waals surface area contributed by atoms with E-state index in [2.05, 4.69) is 39.1 Å². The lowest BCUT2D eigenvalue weighted by Crippen LogP contribution is -2.28. The third kappa shape index (κ3) is 8.23. The van der Waals surface area contributed by atoms with E-state index in [1.165, 1.54) is 6.33 Å². The van der Waals surface area contributed by atoms with Crippen molar-refractivity contribution in [1.29, 1.82) is 0 Å². The molecule has 0 aromatic carbocycles. The SMILES string of the molecule is CC(C)NCCCCS(=O)(=O)NCCCc1ncn[nH]1. The highest BCUT2D eigenvalue weighted by Crippen LogP contribution is 1.96. The van der Waals surface area contributed by atoms with Gasteiger partial charge in [-0.25, -0.2) is 18.1 Å². The van der Waals surface area contributed by atoms with Crippen LogP contribution in [0.5, 0.6) is 0 Å². The first-order chi connectivity index (χ1) is 9.49. The number of H-pyrrole nitrogens is 1. The maximum absolute atomic E-state index is 11.7. The number of nitrogens with zero attached hydrogens (tertiary/aromatic N) is 2. The topological polar surface area (TPSA) is 99.8 Å². The van der Waals surface area contributed by atoms with Gasteiger partial charge in [0.25, 0.3) is 0 Å². The van der Waals surface area contributed by atoms with Crippen LogP contribution < -0.4 is 10.0 Å². The first kappa shape index (κ1) is 17.1. The molecule has 0 saturated carbocycles. The lowest BCUT2D eigenvalue weighted by molar-refractivity contribution is 0.554. The lowest BCUT2D eigenvalue weighted by Gasteiger charge is -2.08. The van der Waals surface area contributed by atoms with Crippen LogP contribution in [0.1, 0.15) is 38.9 Å². The molecule has 0 aliphatic heterocycles. The largest absolute Gasteiger partial charge is 0.315 e. The summed E-state index contributed by atoms with van der Waals surface area (Å²) in [4.78, 5) is 3.98. The Bertz CT molecular complexity index is 444. The fourth-order valence-electron chi connectivity index (χ4n) is 1.71. The smallest absolute Gasteiger partial charge is 0.211 e. The van der Waals surface area contributed by atoms with E-state index >= 15 is 0 Å². The maximum atomic E-state index is 11.7. The molecule has 1 heterocycles. The molecule has 0 aliphatic carbocycles. The van der Waals surface area contributed by atoms with E-state index < -0.39 is 10.0 Å². The molecule has 0 saturated heterocycles. The Balaban J connectivity index is 2.05. The minimum atomic E-state index is -3.15. The Morgan fingerprint density at radius 3 is 2.70 bits per heavy atom. The number of aromatic nitrogens is 3. The van der Waals surface area contributed by atoms with Gasteiger partial charge in [-0.15, -0.1) is 0 Å². The van der Waals surface area contributed by atoms with Gasteiger partial charge < -0.3 is 5.32 Å². The third-order valence-corrected chi connectivity index (χ3v) is 4.24. The van der Waals surface area contributed by atoms with Crippen molar-refractivity contribution in [3.63, 3.8) is 0 Å².